The molecule has 0 spiro atoms. The number of benzene rings is 3. The lowest BCUT2D eigenvalue weighted by Crippen LogP contribution is -2.40. The predicted octanol–water partition coefficient (Wildman–Crippen LogP) is 5.82. The zero-order chi connectivity index (χ0) is 29.8. The van der Waals surface area contributed by atoms with Gasteiger partial charge in [-0.2, -0.15) is 0 Å². The largest absolute Gasteiger partial charge is 0.494 e. The molecule has 9 heteroatoms. The monoisotopic (exact) mass is 602 g/mol. The zero-order valence-electron chi connectivity index (χ0n) is 23.8. The minimum Gasteiger partial charge on any atom is -0.494 e. The average molecular weight is 603 g/mol. The van der Waals surface area contributed by atoms with Gasteiger partial charge in [-0.25, -0.2) is 9.79 Å². The third kappa shape index (κ3) is 6.35. The normalized spacial score (nSPS) is 14.9. The molecule has 0 saturated heterocycles. The number of rotatable bonds is 9. The Morgan fingerprint density at radius 2 is 1.69 bits per heavy atom. The van der Waals surface area contributed by atoms with Gasteiger partial charge in [-0.1, -0.05) is 65.4 Å². The maximum atomic E-state index is 13.9. The first-order valence-electron chi connectivity index (χ1n) is 13.7. The Morgan fingerprint density at radius 1 is 1.02 bits per heavy atom. The predicted molar refractivity (Wildman–Crippen MR) is 165 cm³/mol. The van der Waals surface area contributed by atoms with Crippen LogP contribution in [0.15, 0.2) is 93.9 Å². The standard InChI is InChI=1S/C33H31ClN2O5S/c1-5-39-25-16-12-23(13-17-25)30-29(32(38)41-20(2)3)21(4)35-33-36(30)31(37)28(42-33)18-22-10-14-26(15-11-22)40-19-24-8-6-7-9-27(24)34/h6-18,20,30H,5,19H2,1-4H3/b28-18+/t30-/m1/s1. The lowest BCUT2D eigenvalue weighted by atomic mass is 9.96. The van der Waals surface area contributed by atoms with Crippen LogP contribution in [0.2, 0.25) is 5.02 Å². The van der Waals surface area contributed by atoms with E-state index in [0.717, 1.165) is 16.7 Å². The molecule has 0 amide bonds. The number of allylic oxidation sites excluding steroid dienone is 1. The first kappa shape index (κ1) is 29.4. The van der Waals surface area contributed by atoms with Gasteiger partial charge < -0.3 is 14.2 Å². The quantitative estimate of drug-likeness (QED) is 0.226. The van der Waals surface area contributed by atoms with Crippen molar-refractivity contribution in [3.05, 3.63) is 125 Å². The van der Waals surface area contributed by atoms with E-state index in [0.29, 0.717) is 50.3 Å². The second-order valence-electron chi connectivity index (χ2n) is 9.99. The number of thiazole rings is 1. The van der Waals surface area contributed by atoms with E-state index < -0.39 is 12.0 Å². The molecule has 216 valence electrons. The molecule has 0 saturated carbocycles. The number of aromatic nitrogens is 1. The minimum absolute atomic E-state index is 0.237. The van der Waals surface area contributed by atoms with Crippen LogP contribution in [0.5, 0.6) is 11.5 Å². The number of carbonyl (C=O) groups is 1. The molecule has 5 rings (SSSR count). The number of fused-ring (bicyclic) bond motifs is 1. The molecule has 3 aromatic carbocycles. The number of ether oxygens (including phenoxy) is 3. The summed E-state index contributed by atoms with van der Waals surface area (Å²) in [6.07, 6.45) is 1.50. The van der Waals surface area contributed by atoms with Crippen molar-refractivity contribution < 1.29 is 19.0 Å². The van der Waals surface area contributed by atoms with Crippen LogP contribution in [-0.4, -0.2) is 23.2 Å². The molecule has 0 aliphatic carbocycles. The van der Waals surface area contributed by atoms with Crippen molar-refractivity contribution in [2.45, 2.75) is 46.4 Å². The van der Waals surface area contributed by atoms with E-state index in [1.165, 1.54) is 11.3 Å². The summed E-state index contributed by atoms with van der Waals surface area (Å²) in [4.78, 5) is 32.3. The Balaban J connectivity index is 1.50. The summed E-state index contributed by atoms with van der Waals surface area (Å²) in [6.45, 7) is 8.17. The topological polar surface area (TPSA) is 79.1 Å². The highest BCUT2D eigenvalue weighted by Gasteiger charge is 2.33. The van der Waals surface area contributed by atoms with Gasteiger partial charge in [-0.05, 0) is 75.2 Å². The van der Waals surface area contributed by atoms with E-state index in [9.17, 15) is 9.59 Å². The average Bonchev–Trinajstić information content (AvgIpc) is 3.26. The third-order valence-corrected chi connectivity index (χ3v) is 7.97. The minimum atomic E-state index is -0.689. The van der Waals surface area contributed by atoms with Gasteiger partial charge in [0.25, 0.3) is 5.56 Å². The number of nitrogens with zero attached hydrogens (tertiary/aromatic N) is 2. The second kappa shape index (κ2) is 12.8. The molecule has 0 N–H and O–H groups in total. The number of hydrogen-bond donors (Lipinski definition) is 0. The van der Waals surface area contributed by atoms with Gasteiger partial charge in [0.05, 0.1) is 34.6 Å². The lowest BCUT2D eigenvalue weighted by Gasteiger charge is -2.25. The first-order chi connectivity index (χ1) is 20.2. The summed E-state index contributed by atoms with van der Waals surface area (Å²) in [6, 6.07) is 21.8. The van der Waals surface area contributed by atoms with Crippen LogP contribution in [0.25, 0.3) is 6.08 Å². The molecule has 42 heavy (non-hydrogen) atoms. The smallest absolute Gasteiger partial charge is 0.338 e. The summed E-state index contributed by atoms with van der Waals surface area (Å²) < 4.78 is 19.2. The van der Waals surface area contributed by atoms with Gasteiger partial charge in [-0.3, -0.25) is 9.36 Å². The van der Waals surface area contributed by atoms with Crippen LogP contribution >= 0.6 is 22.9 Å². The molecule has 1 atom stereocenters. The van der Waals surface area contributed by atoms with Crippen LogP contribution < -0.4 is 24.4 Å². The van der Waals surface area contributed by atoms with Crippen LogP contribution in [0.4, 0.5) is 0 Å². The molecule has 0 unspecified atom stereocenters. The fourth-order valence-electron chi connectivity index (χ4n) is 4.68. The van der Waals surface area contributed by atoms with Gasteiger partial charge >= 0.3 is 5.97 Å². The molecule has 0 fully saturated rings. The van der Waals surface area contributed by atoms with Crippen molar-refractivity contribution in [1.82, 2.24) is 4.57 Å². The van der Waals surface area contributed by atoms with Gasteiger partial charge in [0.15, 0.2) is 4.80 Å². The van der Waals surface area contributed by atoms with Crippen molar-refractivity contribution in [3.8, 4) is 11.5 Å². The van der Waals surface area contributed by atoms with E-state index in [1.54, 1.807) is 25.3 Å². The molecule has 1 aromatic heterocycles. The van der Waals surface area contributed by atoms with Gasteiger partial charge in [0, 0.05) is 10.6 Å². The molecule has 1 aliphatic heterocycles. The van der Waals surface area contributed by atoms with Crippen molar-refractivity contribution in [2.24, 2.45) is 4.99 Å². The van der Waals surface area contributed by atoms with E-state index in [4.69, 9.17) is 25.8 Å². The Kier molecular flexibility index (Phi) is 8.94. The second-order valence-corrected chi connectivity index (χ2v) is 11.4. The summed E-state index contributed by atoms with van der Waals surface area (Å²) in [5, 5.41) is 0.656. The SMILES string of the molecule is CCOc1ccc([C@@H]2C(C(=O)OC(C)C)=C(C)N=c3s/c(=C/c4ccc(OCc5ccccc5Cl)cc4)c(=O)n32)cc1. The highest BCUT2D eigenvalue weighted by molar-refractivity contribution is 7.07. The van der Waals surface area contributed by atoms with E-state index in [1.807, 2.05) is 85.8 Å². The maximum absolute atomic E-state index is 13.9. The molecule has 0 bridgehead atoms. The van der Waals surface area contributed by atoms with E-state index >= 15 is 0 Å². The number of esters is 1. The van der Waals surface area contributed by atoms with Gasteiger partial charge in [0.2, 0.25) is 0 Å². The van der Waals surface area contributed by atoms with Crippen LogP contribution in [0, 0.1) is 0 Å². The van der Waals surface area contributed by atoms with Crippen molar-refractivity contribution >= 4 is 35.0 Å². The van der Waals surface area contributed by atoms with Crippen LogP contribution in [0.1, 0.15) is 50.4 Å². The van der Waals surface area contributed by atoms with Crippen molar-refractivity contribution in [3.63, 3.8) is 0 Å². The molecular weight excluding hydrogens is 572 g/mol. The Hall–Kier alpha value is -4.14. The van der Waals surface area contributed by atoms with Crippen LogP contribution in [-0.2, 0) is 16.1 Å². The highest BCUT2D eigenvalue weighted by atomic mass is 35.5. The summed E-state index contributed by atoms with van der Waals surface area (Å²) in [5.41, 5.74) is 3.12. The maximum Gasteiger partial charge on any atom is 0.338 e. The molecule has 2 heterocycles. The fraction of sp³-hybridized carbons (Fsp3) is 0.242. The fourth-order valence-corrected chi connectivity index (χ4v) is 5.91. The van der Waals surface area contributed by atoms with Crippen molar-refractivity contribution in [1.29, 1.82) is 0 Å². The third-order valence-electron chi connectivity index (χ3n) is 6.62. The highest BCUT2D eigenvalue weighted by Crippen LogP contribution is 2.32. The molecule has 4 aromatic rings. The summed E-state index contributed by atoms with van der Waals surface area (Å²) in [5.74, 6) is 0.903. The summed E-state index contributed by atoms with van der Waals surface area (Å²) >= 11 is 7.52. The van der Waals surface area contributed by atoms with Gasteiger partial charge in [0.1, 0.15) is 18.1 Å². The number of halogens is 1. The Bertz CT molecular complexity index is 1800. The Labute approximate surface area is 253 Å². The lowest BCUT2D eigenvalue weighted by molar-refractivity contribution is -0.143. The number of carbonyl (C=O) groups excluding carboxylic acids is 1. The van der Waals surface area contributed by atoms with Gasteiger partial charge in [-0.15, -0.1) is 0 Å². The zero-order valence-corrected chi connectivity index (χ0v) is 25.4. The van der Waals surface area contributed by atoms with E-state index in [2.05, 4.69) is 4.99 Å². The van der Waals surface area contributed by atoms with E-state index in [-0.39, 0.29) is 11.7 Å². The molecule has 7 nitrogen and oxygen atoms in total. The van der Waals surface area contributed by atoms with Crippen LogP contribution in [0.3, 0.4) is 0 Å². The number of hydrogen-bond acceptors (Lipinski definition) is 7. The molecule has 1 aliphatic rings. The van der Waals surface area contributed by atoms with Crippen molar-refractivity contribution in [2.75, 3.05) is 6.61 Å². The Morgan fingerprint density at radius 3 is 2.36 bits per heavy atom. The molecular formula is C33H31ClN2O5S. The first-order valence-corrected chi connectivity index (χ1v) is 14.9. The molecule has 0 radical (unpaired) electrons. The summed E-state index contributed by atoms with van der Waals surface area (Å²) in [7, 11) is 0.